The van der Waals surface area contributed by atoms with Crippen LogP contribution in [0.1, 0.15) is 22.3 Å². The van der Waals surface area contributed by atoms with Crippen molar-refractivity contribution < 1.29 is 0 Å². The van der Waals surface area contributed by atoms with Gasteiger partial charge in [0.15, 0.2) is 17.5 Å². The summed E-state index contributed by atoms with van der Waals surface area (Å²) in [6, 6.07) is 110. The van der Waals surface area contributed by atoms with Crippen molar-refractivity contribution in [3.8, 4) is 90.6 Å². The molecule has 98 heavy (non-hydrogen) atoms. The molecule has 0 saturated heterocycles. The molecule has 8 heteroatoms. The van der Waals surface area contributed by atoms with Gasteiger partial charge in [-0.05, 0) is 118 Å². The van der Waals surface area contributed by atoms with Crippen LogP contribution in [-0.4, -0.2) is 38.2 Å². The number of para-hydroxylation sites is 4. The van der Waals surface area contributed by atoms with E-state index in [-0.39, 0.29) is 0 Å². The highest BCUT2D eigenvalue weighted by molar-refractivity contribution is 6.19. The maximum atomic E-state index is 6.03. The van der Waals surface area contributed by atoms with Crippen molar-refractivity contribution in [2.45, 2.75) is 27.7 Å². The number of benzene rings is 13. The molecule has 0 N–H and O–H groups in total. The minimum atomic E-state index is 0.486. The summed E-state index contributed by atoms with van der Waals surface area (Å²) < 4.78 is 10.3. The van der Waals surface area contributed by atoms with Crippen molar-refractivity contribution in [3.05, 3.63) is 326 Å². The maximum absolute atomic E-state index is 6.03. The van der Waals surface area contributed by atoms with Gasteiger partial charge in [0.25, 0.3) is 0 Å². The van der Waals surface area contributed by atoms with Gasteiger partial charge in [-0.15, -0.1) is 0 Å². The molecule has 19 rings (SSSR count). The van der Waals surface area contributed by atoms with E-state index in [1.807, 2.05) is 0 Å². The normalized spacial score (nSPS) is 11.9. The van der Waals surface area contributed by atoms with Gasteiger partial charge in [-0.1, -0.05) is 241 Å². The predicted octanol–water partition coefficient (Wildman–Crippen LogP) is 22.9. The van der Waals surface area contributed by atoms with Crippen molar-refractivity contribution in [1.29, 1.82) is 0 Å². The van der Waals surface area contributed by atoms with Crippen LogP contribution in [0, 0.1) is 27.7 Å². The van der Waals surface area contributed by atoms with Crippen LogP contribution in [0.3, 0.4) is 0 Å². The van der Waals surface area contributed by atoms with Crippen molar-refractivity contribution in [1.82, 2.24) is 38.2 Å². The highest BCUT2D eigenvalue weighted by Gasteiger charge is 2.37. The largest absolute Gasteiger partial charge is 0.306 e. The van der Waals surface area contributed by atoms with Crippen LogP contribution in [0.15, 0.2) is 303 Å². The van der Waals surface area contributed by atoms with Gasteiger partial charge in [0.05, 0.1) is 83.8 Å². The lowest BCUT2D eigenvalue weighted by atomic mass is 9.90. The molecule has 19 aromatic rings. The first-order valence-electron chi connectivity index (χ1n) is 33.5. The van der Waals surface area contributed by atoms with Gasteiger partial charge in [-0.2, -0.15) is 0 Å². The van der Waals surface area contributed by atoms with E-state index in [0.29, 0.717) is 17.5 Å². The predicted molar refractivity (Wildman–Crippen MR) is 407 cm³/mol. The molecule has 0 bridgehead atoms. The quantitative estimate of drug-likeness (QED) is 0.137. The second-order valence-electron chi connectivity index (χ2n) is 26.0. The first-order chi connectivity index (χ1) is 48.3. The summed E-state index contributed by atoms with van der Waals surface area (Å²) in [5.74, 6) is 1.57. The molecule has 6 heterocycles. The van der Waals surface area contributed by atoms with E-state index in [1.54, 1.807) is 0 Å². The molecular formula is C90H62N8. The maximum Gasteiger partial charge on any atom is 0.166 e. The topological polar surface area (TPSA) is 71.3 Å². The Kier molecular flexibility index (Phi) is 13.0. The molecule has 0 atom stereocenters. The van der Waals surface area contributed by atoms with Gasteiger partial charge in [-0.3, -0.25) is 0 Å². The third kappa shape index (κ3) is 8.91. The number of fused-ring (bicyclic) bond motifs is 12. The standard InChI is InChI=1S/C90H62N8/c1-55-41-45-78-68(49-55)64-33-17-21-37-74(64)95(78)84-82(63-53-72(59-25-9-5-10-26-59)91-73(54-63)60-27-11-6-12-28-60)83(90-93-88(61-29-13-7-14-30-61)92-89(94-90)62-31-15-8-16-32-62)85(96-75-38-22-18-34-65(75)69-50-56(2)42-46-79(69)96)87(98-77-40-24-20-36-67(77)71-52-58(4)44-48-81(71)98)86(84)97-76-39-23-19-35-66(76)70-51-57(3)43-47-80(70)97/h5-54H,1-4H3. The molecule has 13 aromatic carbocycles. The molecule has 0 fully saturated rings. The first-order valence-corrected chi connectivity index (χ1v) is 33.5. The number of pyridine rings is 1. The van der Waals surface area contributed by atoms with Crippen LogP contribution >= 0.6 is 0 Å². The minimum Gasteiger partial charge on any atom is -0.306 e. The Morgan fingerprint density at radius 1 is 0.194 bits per heavy atom. The highest BCUT2D eigenvalue weighted by Crippen LogP contribution is 2.55. The average molecular weight is 1260 g/mol. The van der Waals surface area contributed by atoms with E-state index in [0.717, 1.165) is 166 Å². The Hall–Kier alpha value is -12.8. The van der Waals surface area contributed by atoms with E-state index in [1.165, 1.54) is 16.7 Å². The van der Waals surface area contributed by atoms with Gasteiger partial charge in [0.1, 0.15) is 0 Å². The number of hydrogen-bond acceptors (Lipinski definition) is 4. The third-order valence-corrected chi connectivity index (χ3v) is 19.8. The van der Waals surface area contributed by atoms with E-state index < -0.39 is 0 Å². The van der Waals surface area contributed by atoms with Crippen LogP contribution in [0.5, 0.6) is 0 Å². The van der Waals surface area contributed by atoms with Gasteiger partial charge in [-0.25, -0.2) is 19.9 Å². The average Bonchev–Trinajstić information content (AvgIpc) is 1.30. The molecule has 0 aliphatic rings. The van der Waals surface area contributed by atoms with Gasteiger partial charge < -0.3 is 18.3 Å². The zero-order valence-corrected chi connectivity index (χ0v) is 54.4. The summed E-state index contributed by atoms with van der Waals surface area (Å²) in [5, 5.41) is 9.05. The molecular weight excluding hydrogens is 1190 g/mol. The number of nitrogens with zero attached hydrogens (tertiary/aromatic N) is 8. The van der Waals surface area contributed by atoms with Gasteiger partial charge in [0, 0.05) is 70.9 Å². The Bertz CT molecular complexity index is 5940. The molecule has 0 spiro atoms. The SMILES string of the molecule is Cc1ccc2c(c1)c1ccccc1n2-c1c(-c2cc(-c3ccccc3)nc(-c3ccccc3)c2)c(-c2nc(-c3ccccc3)nc(-c3ccccc3)n2)c(-n2c3ccccc3c3cc(C)ccc32)c(-n2c3ccccc3c3cc(C)ccc32)c1-n1c2ccccc2c2cc(C)ccc21. The number of aromatic nitrogens is 8. The van der Waals surface area contributed by atoms with E-state index in [2.05, 4.69) is 349 Å². The lowest BCUT2D eigenvalue weighted by Crippen LogP contribution is -2.17. The lowest BCUT2D eigenvalue weighted by Gasteiger charge is -2.31. The number of aryl methyl sites for hydroxylation is 4. The zero-order chi connectivity index (χ0) is 65.3. The summed E-state index contributed by atoms with van der Waals surface area (Å²) in [6.45, 7) is 8.81. The fourth-order valence-corrected chi connectivity index (χ4v) is 15.5. The van der Waals surface area contributed by atoms with Crippen LogP contribution in [0.25, 0.3) is 178 Å². The molecule has 462 valence electrons. The molecule has 0 amide bonds. The van der Waals surface area contributed by atoms with E-state index in [4.69, 9.17) is 19.9 Å². The molecule has 0 aliphatic heterocycles. The zero-order valence-electron chi connectivity index (χ0n) is 54.4. The monoisotopic (exact) mass is 1250 g/mol. The minimum absolute atomic E-state index is 0.486. The Balaban J connectivity index is 1.20. The van der Waals surface area contributed by atoms with E-state index >= 15 is 0 Å². The smallest absolute Gasteiger partial charge is 0.166 e. The summed E-state index contributed by atoms with van der Waals surface area (Å²) >= 11 is 0. The molecule has 0 radical (unpaired) electrons. The van der Waals surface area contributed by atoms with Crippen LogP contribution in [-0.2, 0) is 0 Å². The third-order valence-electron chi connectivity index (χ3n) is 19.8. The summed E-state index contributed by atoms with van der Waals surface area (Å²) in [5.41, 5.74) is 24.5. The Morgan fingerprint density at radius 2 is 0.459 bits per heavy atom. The highest BCUT2D eigenvalue weighted by atomic mass is 15.2. The molecule has 8 nitrogen and oxygen atoms in total. The molecule has 0 saturated carbocycles. The van der Waals surface area contributed by atoms with Crippen LogP contribution in [0.4, 0.5) is 0 Å². The van der Waals surface area contributed by atoms with Gasteiger partial charge in [0.2, 0.25) is 0 Å². The number of hydrogen-bond donors (Lipinski definition) is 0. The molecule has 0 aliphatic carbocycles. The fraction of sp³-hybridized carbons (Fsp3) is 0.0444. The summed E-state index contributed by atoms with van der Waals surface area (Å²) in [7, 11) is 0. The Morgan fingerprint density at radius 3 is 0.796 bits per heavy atom. The van der Waals surface area contributed by atoms with Gasteiger partial charge >= 0.3 is 0 Å². The van der Waals surface area contributed by atoms with Crippen molar-refractivity contribution in [2.24, 2.45) is 0 Å². The molecule has 0 unspecified atom stereocenters. The summed E-state index contributed by atoms with van der Waals surface area (Å²) in [6.07, 6.45) is 0. The fourth-order valence-electron chi connectivity index (χ4n) is 15.5. The Labute approximate surface area is 565 Å². The lowest BCUT2D eigenvalue weighted by molar-refractivity contribution is 1.01. The molecule has 6 aromatic heterocycles. The van der Waals surface area contributed by atoms with Crippen molar-refractivity contribution >= 4 is 87.2 Å². The number of rotatable bonds is 10. The van der Waals surface area contributed by atoms with Crippen LogP contribution < -0.4 is 0 Å². The first kappa shape index (κ1) is 56.7. The second-order valence-corrected chi connectivity index (χ2v) is 26.0. The van der Waals surface area contributed by atoms with Crippen LogP contribution in [0.2, 0.25) is 0 Å². The van der Waals surface area contributed by atoms with Crippen molar-refractivity contribution in [3.63, 3.8) is 0 Å². The second kappa shape index (κ2) is 22.4. The van der Waals surface area contributed by atoms with Crippen molar-refractivity contribution in [2.75, 3.05) is 0 Å². The summed E-state index contributed by atoms with van der Waals surface area (Å²) in [4.78, 5) is 23.3. The van der Waals surface area contributed by atoms with E-state index in [9.17, 15) is 0 Å².